The second-order valence-electron chi connectivity index (χ2n) is 8.07. The lowest BCUT2D eigenvalue weighted by Crippen LogP contribution is -2.69. The first-order valence-electron chi connectivity index (χ1n) is 8.83. The van der Waals surface area contributed by atoms with Gasteiger partial charge in [-0.05, 0) is 44.4 Å². The summed E-state index contributed by atoms with van der Waals surface area (Å²) in [5.74, 6) is -1.51. The van der Waals surface area contributed by atoms with Gasteiger partial charge in [0.1, 0.15) is 5.56 Å². The van der Waals surface area contributed by atoms with E-state index in [2.05, 4.69) is 5.10 Å². The number of aromatic nitrogens is 2. The third-order valence-electron chi connectivity index (χ3n) is 5.92. The SMILES string of the molecule is CCOC(=O)c1c(C(F)(F)F)c(C2CC2)nn1CC12CC(C(F)(F)F)(C1)C2. The summed E-state index contributed by atoms with van der Waals surface area (Å²) in [5.41, 5.74) is -4.43. The zero-order chi connectivity index (χ0) is 19.8. The molecule has 4 fully saturated rings. The zero-order valence-corrected chi connectivity index (χ0v) is 14.5. The monoisotopic (exact) mass is 396 g/mol. The van der Waals surface area contributed by atoms with E-state index < -0.39 is 40.4 Å². The van der Waals surface area contributed by atoms with Gasteiger partial charge in [0, 0.05) is 12.5 Å². The predicted octanol–water partition coefficient (Wildman–Crippen LogP) is 4.69. The van der Waals surface area contributed by atoms with Crippen molar-refractivity contribution in [2.24, 2.45) is 10.8 Å². The Bertz CT molecular complexity index is 771. The minimum Gasteiger partial charge on any atom is -0.461 e. The van der Waals surface area contributed by atoms with Crippen LogP contribution in [0.4, 0.5) is 26.3 Å². The van der Waals surface area contributed by atoms with E-state index >= 15 is 0 Å². The highest BCUT2D eigenvalue weighted by molar-refractivity contribution is 5.90. The van der Waals surface area contributed by atoms with Gasteiger partial charge in [-0.2, -0.15) is 31.4 Å². The van der Waals surface area contributed by atoms with Gasteiger partial charge in [0.05, 0.1) is 17.7 Å². The average molecular weight is 396 g/mol. The third kappa shape index (κ3) is 2.74. The summed E-state index contributed by atoms with van der Waals surface area (Å²) in [6.07, 6.45) is -8.40. The molecule has 2 bridgehead atoms. The Morgan fingerprint density at radius 2 is 1.78 bits per heavy atom. The quantitative estimate of drug-likeness (QED) is 0.536. The Balaban J connectivity index is 1.68. The summed E-state index contributed by atoms with van der Waals surface area (Å²) < 4.78 is 85.8. The number of alkyl halides is 6. The molecule has 1 aromatic heterocycles. The lowest BCUT2D eigenvalue weighted by atomic mass is 9.35. The molecule has 10 heteroatoms. The summed E-state index contributed by atoms with van der Waals surface area (Å²) >= 11 is 0. The van der Waals surface area contributed by atoms with Crippen LogP contribution in [0.2, 0.25) is 0 Å². The van der Waals surface area contributed by atoms with Crippen molar-refractivity contribution >= 4 is 5.97 Å². The van der Waals surface area contributed by atoms with Crippen molar-refractivity contribution in [2.45, 2.75) is 63.8 Å². The number of hydrogen-bond acceptors (Lipinski definition) is 3. The molecule has 150 valence electrons. The van der Waals surface area contributed by atoms with Crippen molar-refractivity contribution in [3.63, 3.8) is 0 Å². The molecular formula is C17H18F6N2O2. The molecule has 27 heavy (non-hydrogen) atoms. The van der Waals surface area contributed by atoms with Gasteiger partial charge in [0.25, 0.3) is 0 Å². The molecule has 0 aliphatic heterocycles. The zero-order valence-electron chi connectivity index (χ0n) is 14.5. The second kappa shape index (κ2) is 5.41. The van der Waals surface area contributed by atoms with Crippen LogP contribution in [0.3, 0.4) is 0 Å². The predicted molar refractivity (Wildman–Crippen MR) is 79.9 cm³/mol. The molecule has 0 spiro atoms. The lowest BCUT2D eigenvalue weighted by Gasteiger charge is -2.70. The smallest absolute Gasteiger partial charge is 0.420 e. The molecule has 4 nitrogen and oxygen atoms in total. The molecular weight excluding hydrogens is 378 g/mol. The van der Waals surface area contributed by atoms with Gasteiger partial charge in [-0.1, -0.05) is 0 Å². The van der Waals surface area contributed by atoms with E-state index in [1.807, 2.05) is 0 Å². The van der Waals surface area contributed by atoms with Crippen LogP contribution < -0.4 is 0 Å². The van der Waals surface area contributed by atoms with Gasteiger partial charge in [-0.3, -0.25) is 4.68 Å². The molecule has 0 saturated heterocycles. The van der Waals surface area contributed by atoms with Crippen LogP contribution in [0.15, 0.2) is 0 Å². The van der Waals surface area contributed by atoms with Crippen LogP contribution in [-0.2, 0) is 17.5 Å². The van der Waals surface area contributed by atoms with E-state index in [0.717, 1.165) is 4.68 Å². The molecule has 5 rings (SSSR count). The van der Waals surface area contributed by atoms with Crippen molar-refractivity contribution in [3.8, 4) is 0 Å². The van der Waals surface area contributed by atoms with Gasteiger partial charge in [0.15, 0.2) is 5.69 Å². The van der Waals surface area contributed by atoms with Crippen LogP contribution in [-0.4, -0.2) is 28.5 Å². The number of ether oxygens (including phenoxy) is 1. The summed E-state index contributed by atoms with van der Waals surface area (Å²) in [6, 6.07) is 0. The minimum atomic E-state index is -4.79. The summed E-state index contributed by atoms with van der Waals surface area (Å²) in [4.78, 5) is 12.3. The van der Waals surface area contributed by atoms with Gasteiger partial charge in [0.2, 0.25) is 0 Å². The Kier molecular flexibility index (Phi) is 3.73. The molecule has 0 amide bonds. The maximum absolute atomic E-state index is 13.7. The fourth-order valence-electron chi connectivity index (χ4n) is 4.71. The molecule has 0 unspecified atom stereocenters. The molecule has 0 atom stereocenters. The maximum Gasteiger partial charge on any atom is 0.420 e. The fraction of sp³-hybridized carbons (Fsp3) is 0.765. The van der Waals surface area contributed by atoms with Crippen LogP contribution in [0.5, 0.6) is 0 Å². The Morgan fingerprint density at radius 1 is 1.19 bits per heavy atom. The largest absolute Gasteiger partial charge is 0.461 e. The first-order chi connectivity index (χ1) is 12.4. The van der Waals surface area contributed by atoms with Crippen molar-refractivity contribution in [1.82, 2.24) is 9.78 Å². The van der Waals surface area contributed by atoms with Crippen LogP contribution in [0.25, 0.3) is 0 Å². The van der Waals surface area contributed by atoms with Gasteiger partial charge < -0.3 is 4.74 Å². The molecule has 0 N–H and O–H groups in total. The summed E-state index contributed by atoms with van der Waals surface area (Å²) in [7, 11) is 0. The van der Waals surface area contributed by atoms with Crippen molar-refractivity contribution in [1.29, 1.82) is 0 Å². The first-order valence-corrected chi connectivity index (χ1v) is 8.83. The molecule has 1 heterocycles. The van der Waals surface area contributed by atoms with E-state index in [1.165, 1.54) is 6.92 Å². The number of halogens is 6. The summed E-state index contributed by atoms with van der Waals surface area (Å²) in [5, 5.41) is 4.03. The van der Waals surface area contributed by atoms with Gasteiger partial charge >= 0.3 is 18.3 Å². The molecule has 0 aromatic carbocycles. The number of nitrogens with zero attached hydrogens (tertiary/aromatic N) is 2. The second-order valence-corrected chi connectivity index (χ2v) is 8.07. The third-order valence-corrected chi connectivity index (χ3v) is 5.92. The Hall–Kier alpha value is -1.74. The first kappa shape index (κ1) is 18.6. The highest BCUT2D eigenvalue weighted by atomic mass is 19.4. The number of esters is 1. The fourth-order valence-corrected chi connectivity index (χ4v) is 4.71. The van der Waals surface area contributed by atoms with Crippen molar-refractivity contribution in [2.75, 3.05) is 6.61 Å². The van der Waals surface area contributed by atoms with Crippen molar-refractivity contribution < 1.29 is 35.9 Å². The highest BCUT2D eigenvalue weighted by Crippen LogP contribution is 2.79. The van der Waals surface area contributed by atoms with E-state index in [9.17, 15) is 31.1 Å². The maximum atomic E-state index is 13.7. The normalized spacial score (nSPS) is 29.9. The van der Waals surface area contributed by atoms with Crippen molar-refractivity contribution in [3.05, 3.63) is 17.0 Å². The van der Waals surface area contributed by atoms with E-state index in [0.29, 0.717) is 12.8 Å². The molecule has 1 aromatic rings. The van der Waals surface area contributed by atoms with E-state index in [-0.39, 0.29) is 44.0 Å². The molecule has 4 aliphatic carbocycles. The standard InChI is InChI=1S/C17H18F6N2O2/c1-2-27-13(26)12-10(16(18,19)20)11(9-3-4-9)24-25(12)8-14-5-15(6-14,7-14)17(21,22)23/h9H,2-8H2,1H3. The average Bonchev–Trinajstić information content (AvgIpc) is 3.19. The highest BCUT2D eigenvalue weighted by Gasteiger charge is 2.78. The number of hydrogen-bond donors (Lipinski definition) is 0. The summed E-state index contributed by atoms with van der Waals surface area (Å²) in [6.45, 7) is 1.24. The van der Waals surface area contributed by atoms with Gasteiger partial charge in [-0.25, -0.2) is 4.79 Å². The van der Waals surface area contributed by atoms with E-state index in [4.69, 9.17) is 4.74 Å². The number of carbonyl (C=O) groups excluding carboxylic acids is 1. The van der Waals surface area contributed by atoms with E-state index in [1.54, 1.807) is 0 Å². The molecule has 4 saturated carbocycles. The van der Waals surface area contributed by atoms with Crippen LogP contribution >= 0.6 is 0 Å². The molecule has 4 aliphatic rings. The van der Waals surface area contributed by atoms with Gasteiger partial charge in [-0.15, -0.1) is 0 Å². The topological polar surface area (TPSA) is 44.1 Å². The number of carbonyl (C=O) groups is 1. The molecule has 0 radical (unpaired) electrons. The van der Waals surface area contributed by atoms with Crippen LogP contribution in [0.1, 0.15) is 66.7 Å². The van der Waals surface area contributed by atoms with Crippen LogP contribution in [0, 0.1) is 10.8 Å². The Morgan fingerprint density at radius 3 is 2.22 bits per heavy atom. The lowest BCUT2D eigenvalue weighted by molar-refractivity contribution is -0.366. The minimum absolute atomic E-state index is 0.109. The number of rotatable bonds is 5. The Labute approximate surface area is 150 Å².